The van der Waals surface area contributed by atoms with Crippen LogP contribution in [0.3, 0.4) is 0 Å². The molecule has 0 spiro atoms. The second-order valence-electron chi connectivity index (χ2n) is 9.60. The average Bonchev–Trinajstić information content (AvgIpc) is 3.72. The van der Waals surface area contributed by atoms with E-state index in [0.717, 1.165) is 10.9 Å². The molecule has 2 aromatic carbocycles. The number of carbonyl (C=O) groups excluding carboxylic acids is 2. The van der Waals surface area contributed by atoms with Gasteiger partial charge in [0.15, 0.2) is 5.69 Å². The van der Waals surface area contributed by atoms with E-state index < -0.39 is 5.91 Å². The van der Waals surface area contributed by atoms with Crippen molar-refractivity contribution in [2.75, 3.05) is 43.5 Å². The number of phenolic OH excluding ortho intramolecular Hbond substituents is 1. The van der Waals surface area contributed by atoms with Crippen LogP contribution >= 0.6 is 11.6 Å². The topological polar surface area (TPSA) is 136 Å². The molecule has 0 saturated heterocycles. The third kappa shape index (κ3) is 4.70. The number of pyridine rings is 1. The molecular formula is C28H26ClN7O5. The molecule has 5 aromatic rings. The Kier molecular flexibility index (Phi) is 6.93. The molecule has 1 aliphatic rings. The van der Waals surface area contributed by atoms with Crippen LogP contribution in [-0.2, 0) is 11.3 Å². The summed E-state index contributed by atoms with van der Waals surface area (Å²) in [6.45, 7) is 1.25. The number of hydrogen-bond donors (Lipinski definition) is 2. The van der Waals surface area contributed by atoms with Gasteiger partial charge in [-0.05, 0) is 23.8 Å². The van der Waals surface area contributed by atoms with Crippen LogP contribution in [0.2, 0.25) is 0 Å². The number of aromatic hydroxyl groups is 1. The zero-order chi connectivity index (χ0) is 28.7. The predicted molar refractivity (Wildman–Crippen MR) is 152 cm³/mol. The van der Waals surface area contributed by atoms with Crippen LogP contribution < -0.4 is 15.0 Å². The number of anilines is 2. The second-order valence-corrected chi connectivity index (χ2v) is 9.91. The molecule has 13 heteroatoms. The zero-order valence-corrected chi connectivity index (χ0v) is 23.0. The number of alkyl halides is 1. The maximum atomic E-state index is 13.8. The van der Waals surface area contributed by atoms with E-state index in [4.69, 9.17) is 21.1 Å². The first kappa shape index (κ1) is 26.5. The number of ether oxygens (including phenoxy) is 2. The number of carbonyl (C=O) groups is 2. The Labute approximate surface area is 239 Å². The molecule has 41 heavy (non-hydrogen) atoms. The van der Waals surface area contributed by atoms with Crippen molar-refractivity contribution >= 4 is 51.2 Å². The first-order valence-corrected chi connectivity index (χ1v) is 13.3. The van der Waals surface area contributed by atoms with E-state index in [1.165, 1.54) is 4.68 Å². The standard InChI is InChI=1S/C28H26ClN7O5/c1-40-9-8-35-15-19(32-33-35)27(38)30-17-6-7-24-31-20(14-34(24)13-17)28(39)36-12-16(11-29)25-21(36)10-22(37)18-4-3-5-23(41-2)26(18)25/h3-7,10,13-16,37H,8-9,11-12H2,1-2H3,(H,30,38)/t16-/m1/s1. The van der Waals surface area contributed by atoms with Gasteiger partial charge < -0.3 is 29.2 Å². The minimum absolute atomic E-state index is 0.0415. The summed E-state index contributed by atoms with van der Waals surface area (Å²) in [7, 11) is 3.15. The second kappa shape index (κ2) is 10.7. The number of aromatic nitrogens is 5. The summed E-state index contributed by atoms with van der Waals surface area (Å²) in [5.41, 5.74) is 2.80. The van der Waals surface area contributed by atoms with Crippen LogP contribution in [0, 0.1) is 0 Å². The van der Waals surface area contributed by atoms with E-state index in [1.54, 1.807) is 66.4 Å². The lowest BCUT2D eigenvalue weighted by Gasteiger charge is -2.17. The predicted octanol–water partition coefficient (Wildman–Crippen LogP) is 3.67. The molecule has 1 aliphatic heterocycles. The highest BCUT2D eigenvalue weighted by Crippen LogP contribution is 2.48. The van der Waals surface area contributed by atoms with Crippen molar-refractivity contribution in [3.8, 4) is 11.5 Å². The minimum atomic E-state index is -0.423. The fraction of sp³-hybridized carbons (Fsp3) is 0.250. The van der Waals surface area contributed by atoms with E-state index in [1.807, 2.05) is 12.1 Å². The van der Waals surface area contributed by atoms with Gasteiger partial charge in [-0.2, -0.15) is 0 Å². The summed E-state index contributed by atoms with van der Waals surface area (Å²) in [4.78, 5) is 32.5. The number of amides is 2. The van der Waals surface area contributed by atoms with Gasteiger partial charge in [0.25, 0.3) is 11.8 Å². The van der Waals surface area contributed by atoms with E-state index in [2.05, 4.69) is 20.6 Å². The first-order valence-electron chi connectivity index (χ1n) is 12.8. The molecule has 0 fully saturated rings. The number of rotatable bonds is 8. The van der Waals surface area contributed by atoms with Crippen LogP contribution in [0.1, 0.15) is 32.5 Å². The molecule has 0 radical (unpaired) electrons. The van der Waals surface area contributed by atoms with Crippen molar-refractivity contribution in [3.05, 3.63) is 71.9 Å². The van der Waals surface area contributed by atoms with Gasteiger partial charge in [0.2, 0.25) is 0 Å². The van der Waals surface area contributed by atoms with Gasteiger partial charge in [0, 0.05) is 54.7 Å². The molecule has 6 rings (SSSR count). The number of nitrogens with one attached hydrogen (secondary N) is 1. The lowest BCUT2D eigenvalue weighted by Crippen LogP contribution is -2.30. The van der Waals surface area contributed by atoms with Gasteiger partial charge in [0.05, 0.1) is 37.8 Å². The largest absolute Gasteiger partial charge is 0.507 e. The van der Waals surface area contributed by atoms with E-state index in [0.29, 0.717) is 47.9 Å². The number of halogens is 1. The van der Waals surface area contributed by atoms with Gasteiger partial charge in [-0.25, -0.2) is 9.67 Å². The van der Waals surface area contributed by atoms with Crippen LogP contribution in [-0.4, -0.2) is 74.6 Å². The van der Waals surface area contributed by atoms with Gasteiger partial charge in [-0.3, -0.25) is 9.59 Å². The van der Waals surface area contributed by atoms with Crippen molar-refractivity contribution < 1.29 is 24.2 Å². The Morgan fingerprint density at radius 1 is 1.15 bits per heavy atom. The number of imidazole rings is 1. The molecule has 0 aliphatic carbocycles. The molecule has 0 saturated carbocycles. The number of nitrogens with zero attached hydrogens (tertiary/aromatic N) is 6. The molecule has 0 unspecified atom stereocenters. The van der Waals surface area contributed by atoms with Crippen LogP contribution in [0.5, 0.6) is 11.5 Å². The lowest BCUT2D eigenvalue weighted by atomic mass is 9.94. The van der Waals surface area contributed by atoms with Gasteiger partial charge in [0.1, 0.15) is 22.8 Å². The molecule has 2 amide bonds. The van der Waals surface area contributed by atoms with Gasteiger partial charge >= 0.3 is 0 Å². The van der Waals surface area contributed by atoms with Gasteiger partial charge in [-0.1, -0.05) is 17.3 Å². The molecular weight excluding hydrogens is 550 g/mol. The summed E-state index contributed by atoms with van der Waals surface area (Å²) in [6, 6.07) is 10.4. The summed E-state index contributed by atoms with van der Waals surface area (Å²) in [5.74, 6) is -0.00884. The van der Waals surface area contributed by atoms with Crippen molar-refractivity contribution in [2.45, 2.75) is 12.5 Å². The average molecular weight is 576 g/mol. The Morgan fingerprint density at radius 2 is 2.00 bits per heavy atom. The lowest BCUT2D eigenvalue weighted by molar-refractivity contribution is 0.0982. The maximum absolute atomic E-state index is 13.8. The normalized spacial score (nSPS) is 14.5. The van der Waals surface area contributed by atoms with E-state index in [9.17, 15) is 14.7 Å². The Balaban J connectivity index is 1.28. The minimum Gasteiger partial charge on any atom is -0.507 e. The molecule has 12 nitrogen and oxygen atoms in total. The summed E-state index contributed by atoms with van der Waals surface area (Å²) in [5, 5.41) is 22.8. The highest BCUT2D eigenvalue weighted by Gasteiger charge is 2.36. The van der Waals surface area contributed by atoms with Crippen molar-refractivity contribution in [1.82, 2.24) is 24.4 Å². The Hall–Kier alpha value is -4.68. The molecule has 0 bridgehead atoms. The fourth-order valence-corrected chi connectivity index (χ4v) is 5.42. The zero-order valence-electron chi connectivity index (χ0n) is 22.2. The van der Waals surface area contributed by atoms with Crippen LogP contribution in [0.4, 0.5) is 11.4 Å². The number of hydrogen-bond acceptors (Lipinski definition) is 8. The molecule has 1 atom stereocenters. The number of fused-ring (bicyclic) bond motifs is 4. The third-order valence-corrected chi connectivity index (χ3v) is 7.47. The van der Waals surface area contributed by atoms with Crippen LogP contribution in [0.15, 0.2) is 55.0 Å². The maximum Gasteiger partial charge on any atom is 0.278 e. The van der Waals surface area contributed by atoms with Crippen LogP contribution in [0.25, 0.3) is 16.4 Å². The number of benzene rings is 2. The summed E-state index contributed by atoms with van der Waals surface area (Å²) >= 11 is 6.37. The molecule has 210 valence electrons. The van der Waals surface area contributed by atoms with Crippen molar-refractivity contribution in [3.63, 3.8) is 0 Å². The van der Waals surface area contributed by atoms with Crippen molar-refractivity contribution in [2.24, 2.45) is 0 Å². The first-order chi connectivity index (χ1) is 19.9. The Morgan fingerprint density at radius 3 is 2.78 bits per heavy atom. The number of phenols is 1. The summed E-state index contributed by atoms with van der Waals surface area (Å²) < 4.78 is 13.8. The Bertz CT molecular complexity index is 1800. The molecule has 2 N–H and O–H groups in total. The molecule has 3 aromatic heterocycles. The monoisotopic (exact) mass is 575 g/mol. The quantitative estimate of drug-likeness (QED) is 0.267. The smallest absolute Gasteiger partial charge is 0.278 e. The highest BCUT2D eigenvalue weighted by atomic mass is 35.5. The van der Waals surface area contributed by atoms with Crippen molar-refractivity contribution in [1.29, 1.82) is 0 Å². The molecule has 4 heterocycles. The van der Waals surface area contributed by atoms with Gasteiger partial charge in [-0.15, -0.1) is 16.7 Å². The summed E-state index contributed by atoms with van der Waals surface area (Å²) in [6.07, 6.45) is 4.80. The SMILES string of the molecule is COCCn1cc(C(=O)Nc2ccc3nc(C(=O)N4C[C@@H](CCl)c5c4cc(O)c4cccc(OC)c54)cn3c2)nn1. The highest BCUT2D eigenvalue weighted by molar-refractivity contribution is 6.19. The fourth-order valence-electron chi connectivity index (χ4n) is 5.17. The van der Waals surface area contributed by atoms with E-state index in [-0.39, 0.29) is 34.8 Å². The third-order valence-electron chi connectivity index (χ3n) is 7.10. The van der Waals surface area contributed by atoms with E-state index >= 15 is 0 Å². The number of methoxy groups -OCH3 is 2.